The van der Waals surface area contributed by atoms with E-state index in [2.05, 4.69) is 15.0 Å². The quantitative estimate of drug-likeness (QED) is 0.760. The van der Waals surface area contributed by atoms with Gasteiger partial charge in [0, 0.05) is 6.42 Å². The molecule has 0 aliphatic heterocycles. The zero-order chi connectivity index (χ0) is 13.4. The van der Waals surface area contributed by atoms with Crippen LogP contribution in [0, 0.1) is 6.92 Å². The van der Waals surface area contributed by atoms with E-state index in [0.717, 1.165) is 23.5 Å². The minimum absolute atomic E-state index is 0.124. The Bertz CT molecular complexity index is 783. The van der Waals surface area contributed by atoms with Gasteiger partial charge in [-0.05, 0) is 19.1 Å². The molecule has 0 saturated heterocycles. The fourth-order valence-electron chi connectivity index (χ4n) is 2.00. The number of aromatic nitrogens is 4. The molecule has 3 rings (SSSR count). The third kappa shape index (κ3) is 1.93. The largest absolute Gasteiger partial charge is 0.336 e. The first-order valence-corrected chi connectivity index (χ1v) is 6.22. The predicted molar refractivity (Wildman–Crippen MR) is 73.6 cm³/mol. The van der Waals surface area contributed by atoms with E-state index in [4.69, 9.17) is 0 Å². The highest BCUT2D eigenvalue weighted by Crippen LogP contribution is 2.09. The molecule has 0 bridgehead atoms. The molecule has 0 atom stereocenters. The highest BCUT2D eigenvalue weighted by atomic mass is 16.1. The van der Waals surface area contributed by atoms with Gasteiger partial charge in [-0.25, -0.2) is 9.97 Å². The number of H-pyrrole nitrogens is 1. The second-order valence-corrected chi connectivity index (χ2v) is 4.49. The maximum Gasteiger partial charge on any atom is 0.283 e. The number of rotatable bonds is 2. The molecule has 19 heavy (non-hydrogen) atoms. The molecule has 0 spiro atoms. The number of hydrogen-bond acceptors (Lipinski definition) is 3. The van der Waals surface area contributed by atoms with Gasteiger partial charge >= 0.3 is 0 Å². The maximum atomic E-state index is 12.4. The van der Waals surface area contributed by atoms with E-state index in [-0.39, 0.29) is 5.56 Å². The molecule has 96 valence electrons. The second-order valence-electron chi connectivity index (χ2n) is 4.49. The van der Waals surface area contributed by atoms with Gasteiger partial charge < -0.3 is 4.98 Å². The van der Waals surface area contributed by atoms with Crippen LogP contribution in [0.15, 0.2) is 35.4 Å². The Kier molecular flexibility index (Phi) is 2.67. The summed E-state index contributed by atoms with van der Waals surface area (Å²) < 4.78 is 1.53. The summed E-state index contributed by atoms with van der Waals surface area (Å²) in [6, 6.07) is 7.75. The van der Waals surface area contributed by atoms with E-state index >= 15 is 0 Å². The number of aromatic amines is 1. The number of nitrogens with zero attached hydrogens (tertiary/aromatic N) is 3. The molecule has 0 amide bonds. The number of fused-ring (bicyclic) bond motifs is 1. The summed E-state index contributed by atoms with van der Waals surface area (Å²) in [7, 11) is 0. The average molecular weight is 254 g/mol. The summed E-state index contributed by atoms with van der Waals surface area (Å²) in [4.78, 5) is 23.9. The van der Waals surface area contributed by atoms with Crippen molar-refractivity contribution in [3.8, 4) is 5.69 Å². The Morgan fingerprint density at radius 3 is 2.68 bits per heavy atom. The van der Waals surface area contributed by atoms with Gasteiger partial charge in [0.25, 0.3) is 5.56 Å². The Morgan fingerprint density at radius 2 is 2.00 bits per heavy atom. The van der Waals surface area contributed by atoms with Gasteiger partial charge in [-0.15, -0.1) is 0 Å². The SMILES string of the molecule is CCc1nc2ncn(-c3ccc(C)cc3)c(=O)c2[nH]1. The smallest absolute Gasteiger partial charge is 0.283 e. The molecule has 1 aromatic carbocycles. The minimum Gasteiger partial charge on any atom is -0.336 e. The molecule has 0 radical (unpaired) electrons. The summed E-state index contributed by atoms with van der Waals surface area (Å²) >= 11 is 0. The summed E-state index contributed by atoms with van der Waals surface area (Å²) in [5.41, 5.74) is 2.77. The van der Waals surface area contributed by atoms with Gasteiger partial charge in [-0.3, -0.25) is 9.36 Å². The predicted octanol–water partition coefficient (Wildman–Crippen LogP) is 1.98. The van der Waals surface area contributed by atoms with E-state index in [1.807, 2.05) is 38.1 Å². The molecule has 2 aromatic heterocycles. The third-order valence-corrected chi connectivity index (χ3v) is 3.11. The van der Waals surface area contributed by atoms with Gasteiger partial charge in [0.05, 0.1) is 5.69 Å². The molecule has 3 aromatic rings. The number of imidazole rings is 1. The first-order chi connectivity index (χ1) is 9.19. The summed E-state index contributed by atoms with van der Waals surface area (Å²) in [6.07, 6.45) is 2.27. The Hall–Kier alpha value is -2.43. The summed E-state index contributed by atoms with van der Waals surface area (Å²) in [5, 5.41) is 0. The average Bonchev–Trinajstić information content (AvgIpc) is 2.85. The van der Waals surface area contributed by atoms with Crippen molar-refractivity contribution in [3.05, 3.63) is 52.3 Å². The molecule has 0 fully saturated rings. The van der Waals surface area contributed by atoms with Crippen molar-refractivity contribution < 1.29 is 0 Å². The van der Waals surface area contributed by atoms with E-state index in [9.17, 15) is 4.79 Å². The number of nitrogens with one attached hydrogen (secondary N) is 1. The zero-order valence-corrected chi connectivity index (χ0v) is 10.8. The van der Waals surface area contributed by atoms with E-state index < -0.39 is 0 Å². The van der Waals surface area contributed by atoms with Crippen LogP contribution < -0.4 is 5.56 Å². The normalized spacial score (nSPS) is 11.1. The molecule has 1 N–H and O–H groups in total. The highest BCUT2D eigenvalue weighted by Gasteiger charge is 2.09. The van der Waals surface area contributed by atoms with Gasteiger partial charge in [-0.2, -0.15) is 0 Å². The fraction of sp³-hybridized carbons (Fsp3) is 0.214. The van der Waals surface area contributed by atoms with Crippen LogP contribution in [0.25, 0.3) is 16.9 Å². The van der Waals surface area contributed by atoms with Crippen molar-refractivity contribution in [3.63, 3.8) is 0 Å². The Labute approximate surface area is 110 Å². The number of aryl methyl sites for hydroxylation is 2. The summed E-state index contributed by atoms with van der Waals surface area (Å²) in [6.45, 7) is 3.99. The van der Waals surface area contributed by atoms with E-state index in [0.29, 0.717) is 11.2 Å². The first-order valence-electron chi connectivity index (χ1n) is 6.22. The maximum absolute atomic E-state index is 12.4. The Morgan fingerprint density at radius 1 is 1.26 bits per heavy atom. The molecule has 0 aliphatic rings. The molecule has 0 saturated carbocycles. The van der Waals surface area contributed by atoms with E-state index in [1.54, 1.807) is 0 Å². The lowest BCUT2D eigenvalue weighted by molar-refractivity contribution is 0.956. The van der Waals surface area contributed by atoms with Crippen molar-refractivity contribution in [2.75, 3.05) is 0 Å². The van der Waals surface area contributed by atoms with Gasteiger partial charge in [0.1, 0.15) is 12.2 Å². The van der Waals surface area contributed by atoms with Crippen LogP contribution in [0.5, 0.6) is 0 Å². The molecular weight excluding hydrogens is 240 g/mol. The van der Waals surface area contributed by atoms with Crippen molar-refractivity contribution in [1.82, 2.24) is 19.5 Å². The van der Waals surface area contributed by atoms with Crippen LogP contribution >= 0.6 is 0 Å². The van der Waals surface area contributed by atoms with Gasteiger partial charge in [0.2, 0.25) is 0 Å². The monoisotopic (exact) mass is 254 g/mol. The van der Waals surface area contributed by atoms with Crippen LogP contribution in [-0.4, -0.2) is 19.5 Å². The lowest BCUT2D eigenvalue weighted by Crippen LogP contribution is -2.18. The lowest BCUT2D eigenvalue weighted by atomic mass is 10.2. The van der Waals surface area contributed by atoms with Crippen molar-refractivity contribution in [2.45, 2.75) is 20.3 Å². The van der Waals surface area contributed by atoms with Crippen molar-refractivity contribution in [2.24, 2.45) is 0 Å². The fourth-order valence-corrected chi connectivity index (χ4v) is 2.00. The van der Waals surface area contributed by atoms with Crippen molar-refractivity contribution in [1.29, 1.82) is 0 Å². The van der Waals surface area contributed by atoms with Crippen LogP contribution in [0.4, 0.5) is 0 Å². The summed E-state index contributed by atoms with van der Waals surface area (Å²) in [5.74, 6) is 0.779. The Balaban J connectivity index is 2.22. The third-order valence-electron chi connectivity index (χ3n) is 3.11. The topological polar surface area (TPSA) is 63.6 Å². The molecule has 0 unspecified atom stereocenters. The van der Waals surface area contributed by atoms with Crippen molar-refractivity contribution >= 4 is 11.2 Å². The number of benzene rings is 1. The number of hydrogen-bond donors (Lipinski definition) is 1. The van der Waals surface area contributed by atoms with Crippen LogP contribution in [0.1, 0.15) is 18.3 Å². The highest BCUT2D eigenvalue weighted by molar-refractivity contribution is 5.69. The molecule has 0 aliphatic carbocycles. The minimum atomic E-state index is -0.124. The lowest BCUT2D eigenvalue weighted by Gasteiger charge is -2.04. The van der Waals surface area contributed by atoms with Crippen LogP contribution in [-0.2, 0) is 6.42 Å². The molecular formula is C14H14N4O. The molecule has 5 heteroatoms. The standard InChI is InChI=1S/C14H14N4O/c1-3-11-16-12-13(17-11)15-8-18(14(12)19)10-6-4-9(2)5-7-10/h4-8H,3H2,1-2H3,(H,16,17). The zero-order valence-electron chi connectivity index (χ0n) is 10.8. The van der Waals surface area contributed by atoms with Crippen LogP contribution in [0.2, 0.25) is 0 Å². The first kappa shape index (κ1) is 11.6. The molecule has 2 heterocycles. The van der Waals surface area contributed by atoms with Crippen LogP contribution in [0.3, 0.4) is 0 Å². The van der Waals surface area contributed by atoms with Gasteiger partial charge in [0.15, 0.2) is 11.2 Å². The second kappa shape index (κ2) is 4.35. The van der Waals surface area contributed by atoms with Gasteiger partial charge in [-0.1, -0.05) is 24.6 Å². The van der Waals surface area contributed by atoms with E-state index in [1.165, 1.54) is 10.9 Å². The molecule has 5 nitrogen and oxygen atoms in total.